The molecule has 0 amide bonds. The lowest BCUT2D eigenvalue weighted by molar-refractivity contribution is 0.655. The highest BCUT2D eigenvalue weighted by molar-refractivity contribution is 6.28. The van der Waals surface area contributed by atoms with E-state index in [1.165, 1.54) is 111 Å². The lowest BCUT2D eigenvalue weighted by Gasteiger charge is -2.26. The molecule has 45 heavy (non-hydrogen) atoms. The number of rotatable bonds is 2. The molecule has 0 saturated carbocycles. The van der Waals surface area contributed by atoms with E-state index in [0.717, 1.165) is 0 Å². The second-order valence-electron chi connectivity index (χ2n) is 13.8. The number of hydrogen-bond donors (Lipinski definition) is 0. The normalized spacial score (nSPS) is 13.7. The zero-order chi connectivity index (χ0) is 30.8. The Labute approximate surface area is 266 Å². The smallest absolute Gasteiger partial charge is 0.0161 e. The Balaban J connectivity index is 1.55. The van der Waals surface area contributed by atoms with E-state index in [-0.39, 0.29) is 5.41 Å². The first-order valence-corrected chi connectivity index (χ1v) is 16.2. The van der Waals surface area contributed by atoms with Gasteiger partial charge in [-0.15, -0.1) is 0 Å². The summed E-state index contributed by atoms with van der Waals surface area (Å²) in [5, 5.41) is 5.35. The van der Waals surface area contributed by atoms with Crippen molar-refractivity contribution >= 4 is 21.5 Å². The first kappa shape index (κ1) is 26.5. The quantitative estimate of drug-likeness (QED) is 0.192. The van der Waals surface area contributed by atoms with E-state index in [9.17, 15) is 0 Å². The minimum atomic E-state index is -0.102. The molecule has 0 aliphatic heterocycles. The van der Waals surface area contributed by atoms with Gasteiger partial charge < -0.3 is 0 Å². The van der Waals surface area contributed by atoms with Crippen LogP contribution in [-0.4, -0.2) is 0 Å². The Hall–Kier alpha value is -4.94. The van der Waals surface area contributed by atoms with E-state index in [2.05, 4.69) is 151 Å². The SMILES string of the molecule is Cc1c(C)c(C)c2c(c1C)-c1cc3c(-c4ccccc4)c4c(c(-c5ccccc5)c3cc1C2(C)C)-c1cccc2cccc-4c12. The number of hydrogen-bond acceptors (Lipinski definition) is 0. The third-order valence-corrected chi connectivity index (χ3v) is 11.3. The fourth-order valence-corrected chi connectivity index (χ4v) is 8.93. The lowest BCUT2D eigenvalue weighted by Crippen LogP contribution is -2.17. The molecule has 0 heteroatoms. The molecular weight excluding hydrogens is 540 g/mol. The molecule has 0 nitrogen and oxygen atoms in total. The van der Waals surface area contributed by atoms with Crippen molar-refractivity contribution in [2.24, 2.45) is 0 Å². The predicted molar refractivity (Wildman–Crippen MR) is 193 cm³/mol. The highest BCUT2D eigenvalue weighted by Gasteiger charge is 2.40. The maximum Gasteiger partial charge on any atom is 0.0161 e. The van der Waals surface area contributed by atoms with Crippen LogP contribution in [0.2, 0.25) is 0 Å². The summed E-state index contributed by atoms with van der Waals surface area (Å²) in [7, 11) is 0. The molecule has 0 N–H and O–H groups in total. The van der Waals surface area contributed by atoms with Gasteiger partial charge in [-0.2, -0.15) is 0 Å². The maximum atomic E-state index is 2.58. The van der Waals surface area contributed by atoms with Crippen molar-refractivity contribution in [3.63, 3.8) is 0 Å². The van der Waals surface area contributed by atoms with E-state index in [0.29, 0.717) is 0 Å². The second-order valence-corrected chi connectivity index (χ2v) is 13.8. The average molecular weight is 577 g/mol. The van der Waals surface area contributed by atoms with Crippen molar-refractivity contribution < 1.29 is 0 Å². The van der Waals surface area contributed by atoms with Gasteiger partial charge in [-0.3, -0.25) is 0 Å². The van der Waals surface area contributed by atoms with Crippen molar-refractivity contribution in [1.82, 2.24) is 0 Å². The highest BCUT2D eigenvalue weighted by atomic mass is 14.4. The summed E-state index contributed by atoms with van der Waals surface area (Å²) >= 11 is 0. The molecule has 0 spiro atoms. The molecule has 0 heterocycles. The standard InChI is InChI=1S/C45H36/c1-25-26(2)28(4)44-38(27(25)3)36-23-34-35(24-37(36)45(44,5)6)41(31-17-11-8-12-18-31)43-33-22-14-20-29-19-13-21-32(39(29)33)42(43)40(34)30-15-9-7-10-16-30/h7-24H,1-6H3. The molecule has 0 atom stereocenters. The zero-order valence-corrected chi connectivity index (χ0v) is 26.9. The van der Waals surface area contributed by atoms with Crippen LogP contribution in [0.5, 0.6) is 0 Å². The largest absolute Gasteiger partial charge is 0.0622 e. The van der Waals surface area contributed by atoms with Gasteiger partial charge in [0.05, 0.1) is 0 Å². The Morgan fingerprint density at radius 2 is 0.933 bits per heavy atom. The lowest BCUT2D eigenvalue weighted by atomic mass is 9.76. The van der Waals surface area contributed by atoms with Crippen molar-refractivity contribution in [1.29, 1.82) is 0 Å². The summed E-state index contributed by atoms with van der Waals surface area (Å²) in [4.78, 5) is 0. The van der Waals surface area contributed by atoms with Crippen molar-refractivity contribution in [2.45, 2.75) is 47.0 Å². The van der Waals surface area contributed by atoms with Gasteiger partial charge in [0.15, 0.2) is 0 Å². The number of benzene rings is 7. The molecular formula is C45H36. The van der Waals surface area contributed by atoms with Crippen LogP contribution in [0.15, 0.2) is 109 Å². The molecule has 0 bridgehead atoms. The second kappa shape index (κ2) is 9.05. The summed E-state index contributed by atoms with van der Waals surface area (Å²) in [5.41, 5.74) is 22.0. The van der Waals surface area contributed by atoms with Crippen molar-refractivity contribution in [3.05, 3.63) is 143 Å². The monoisotopic (exact) mass is 576 g/mol. The molecule has 0 radical (unpaired) electrons. The highest BCUT2D eigenvalue weighted by Crippen LogP contribution is 2.60. The number of fused-ring (bicyclic) bond motifs is 7. The van der Waals surface area contributed by atoms with Crippen molar-refractivity contribution in [2.75, 3.05) is 0 Å². The first-order valence-electron chi connectivity index (χ1n) is 16.2. The van der Waals surface area contributed by atoms with Gasteiger partial charge in [0.2, 0.25) is 0 Å². The van der Waals surface area contributed by atoms with Gasteiger partial charge in [0.1, 0.15) is 0 Å². The molecule has 2 aliphatic carbocycles. The molecule has 7 aromatic rings. The van der Waals surface area contributed by atoms with Crippen molar-refractivity contribution in [3.8, 4) is 55.6 Å². The third-order valence-electron chi connectivity index (χ3n) is 11.3. The van der Waals surface area contributed by atoms with Gasteiger partial charge in [0, 0.05) is 5.41 Å². The van der Waals surface area contributed by atoms with Crippen LogP contribution in [0.25, 0.3) is 77.2 Å². The molecule has 9 rings (SSSR count). The van der Waals surface area contributed by atoms with Crippen LogP contribution >= 0.6 is 0 Å². The van der Waals surface area contributed by atoms with Gasteiger partial charge in [-0.1, -0.05) is 111 Å². The fourth-order valence-electron chi connectivity index (χ4n) is 8.93. The summed E-state index contributed by atoms with van der Waals surface area (Å²) < 4.78 is 0. The van der Waals surface area contributed by atoms with Gasteiger partial charge in [-0.05, 0) is 150 Å². The average Bonchev–Trinajstić information content (AvgIpc) is 3.51. The van der Waals surface area contributed by atoms with Crippen LogP contribution in [0, 0.1) is 27.7 Å². The molecule has 0 aromatic heterocycles. The summed E-state index contributed by atoms with van der Waals surface area (Å²) in [6.45, 7) is 14.2. The van der Waals surface area contributed by atoms with Crippen LogP contribution < -0.4 is 0 Å². The first-order chi connectivity index (χ1) is 21.8. The van der Waals surface area contributed by atoms with E-state index < -0.39 is 0 Å². The van der Waals surface area contributed by atoms with Gasteiger partial charge in [0.25, 0.3) is 0 Å². The fraction of sp³-hybridized carbons (Fsp3) is 0.156. The van der Waals surface area contributed by atoms with Crippen LogP contribution in [0.1, 0.15) is 47.2 Å². The minimum Gasteiger partial charge on any atom is -0.0622 e. The summed E-state index contributed by atoms with van der Waals surface area (Å²) in [6.07, 6.45) is 0. The maximum absolute atomic E-state index is 2.58. The Bertz CT molecular complexity index is 2400. The molecule has 7 aromatic carbocycles. The van der Waals surface area contributed by atoms with E-state index in [4.69, 9.17) is 0 Å². The molecule has 2 aliphatic rings. The summed E-state index contributed by atoms with van der Waals surface area (Å²) in [5.74, 6) is 0. The van der Waals surface area contributed by atoms with Gasteiger partial charge >= 0.3 is 0 Å². The molecule has 0 fully saturated rings. The van der Waals surface area contributed by atoms with E-state index in [1.54, 1.807) is 0 Å². The van der Waals surface area contributed by atoms with Crippen LogP contribution in [0.3, 0.4) is 0 Å². The Morgan fingerprint density at radius 1 is 0.422 bits per heavy atom. The molecule has 216 valence electrons. The Morgan fingerprint density at radius 3 is 1.49 bits per heavy atom. The Kier molecular flexibility index (Phi) is 5.32. The van der Waals surface area contributed by atoms with E-state index >= 15 is 0 Å². The summed E-state index contributed by atoms with van der Waals surface area (Å²) in [6, 6.07) is 41.0. The third kappa shape index (κ3) is 3.32. The predicted octanol–water partition coefficient (Wildman–Crippen LogP) is 12.5. The topological polar surface area (TPSA) is 0 Å². The minimum absolute atomic E-state index is 0.102. The molecule has 0 saturated heterocycles. The van der Waals surface area contributed by atoms with Crippen LogP contribution in [-0.2, 0) is 5.41 Å². The van der Waals surface area contributed by atoms with E-state index in [1.807, 2.05) is 0 Å². The molecule has 0 unspecified atom stereocenters. The zero-order valence-electron chi connectivity index (χ0n) is 26.9. The van der Waals surface area contributed by atoms with Gasteiger partial charge in [-0.25, -0.2) is 0 Å². The van der Waals surface area contributed by atoms with Crippen LogP contribution in [0.4, 0.5) is 0 Å².